The molecule has 1 atom stereocenters. The van der Waals surface area contributed by atoms with Crippen LogP contribution in [0, 0.1) is 18.8 Å². The largest absolute Gasteiger partial charge is 0.496 e. The molecule has 0 aromatic heterocycles. The number of unbranched alkanes of at least 4 members (excludes halogenated alkanes) is 2. The van der Waals surface area contributed by atoms with Gasteiger partial charge in [-0.3, -0.25) is 34.2 Å². The third-order valence-corrected chi connectivity index (χ3v) is 10.1. The van der Waals surface area contributed by atoms with Crippen molar-refractivity contribution < 1.29 is 38.2 Å². The number of methoxy groups -OCH3 is 2. The number of benzene rings is 4. The molecule has 1 fully saturated rings. The minimum atomic E-state index is -1.03. The Kier molecular flexibility index (Phi) is 13.4. The predicted molar refractivity (Wildman–Crippen MR) is 214 cm³/mol. The van der Waals surface area contributed by atoms with Crippen molar-refractivity contribution in [1.82, 2.24) is 20.9 Å². The van der Waals surface area contributed by atoms with Crippen LogP contribution in [0.1, 0.15) is 81.5 Å². The number of carbonyl (C=O) groups excluding carboxylic acids is 5. The highest BCUT2D eigenvalue weighted by Crippen LogP contribution is 2.35. The first kappa shape index (κ1) is 40.2. The maximum absolute atomic E-state index is 13.3. The maximum Gasteiger partial charge on any atom is 0.263 e. The number of carbonyl (C=O) groups is 5. The fraction of sp³-hybridized carbons (Fsp3) is 0.311. The van der Waals surface area contributed by atoms with Crippen LogP contribution in [0.15, 0.2) is 78.9 Å². The van der Waals surface area contributed by atoms with Crippen molar-refractivity contribution in [2.75, 3.05) is 27.3 Å². The van der Waals surface area contributed by atoms with Gasteiger partial charge in [-0.05, 0) is 60.6 Å². The summed E-state index contributed by atoms with van der Waals surface area (Å²) in [7, 11) is 3.22. The van der Waals surface area contributed by atoms with Gasteiger partial charge >= 0.3 is 0 Å². The summed E-state index contributed by atoms with van der Waals surface area (Å²) in [6.07, 6.45) is 2.27. The number of amides is 5. The molecule has 0 bridgehead atoms. The molecule has 12 nitrogen and oxygen atoms in total. The van der Waals surface area contributed by atoms with E-state index in [1.165, 1.54) is 11.6 Å². The minimum Gasteiger partial charge on any atom is -0.496 e. The van der Waals surface area contributed by atoms with Crippen molar-refractivity contribution in [1.29, 1.82) is 0 Å². The molecule has 0 aliphatic carbocycles. The summed E-state index contributed by atoms with van der Waals surface area (Å²) in [5, 5.41) is 8.48. The third-order valence-electron chi connectivity index (χ3n) is 10.1. The van der Waals surface area contributed by atoms with Crippen LogP contribution in [0.2, 0.25) is 0 Å². The molecular formula is C45H46N4O8. The van der Waals surface area contributed by atoms with Crippen molar-refractivity contribution in [3.05, 3.63) is 112 Å². The van der Waals surface area contributed by atoms with Gasteiger partial charge in [-0.1, -0.05) is 66.4 Å². The summed E-state index contributed by atoms with van der Waals surface area (Å²) in [6.45, 7) is 3.92. The van der Waals surface area contributed by atoms with Crippen LogP contribution >= 0.6 is 0 Å². The van der Waals surface area contributed by atoms with Crippen LogP contribution in [-0.2, 0) is 27.5 Å². The summed E-state index contributed by atoms with van der Waals surface area (Å²) < 4.78 is 17.6. The van der Waals surface area contributed by atoms with Crippen molar-refractivity contribution in [2.24, 2.45) is 0 Å². The van der Waals surface area contributed by atoms with Crippen LogP contribution in [-0.4, -0.2) is 67.8 Å². The second-order valence-electron chi connectivity index (χ2n) is 13.8. The number of nitrogens with zero attached hydrogens (tertiary/aromatic N) is 1. The van der Waals surface area contributed by atoms with E-state index in [-0.39, 0.29) is 29.9 Å². The van der Waals surface area contributed by atoms with Gasteiger partial charge in [0.05, 0.1) is 30.9 Å². The molecule has 294 valence electrons. The van der Waals surface area contributed by atoms with Crippen molar-refractivity contribution >= 4 is 29.5 Å². The SMILES string of the molecule is COc1cc(OCc2cccc(-c3ccccc3)c2C)cc(OC)c1CNCCNC(=O)CCCCC#Cc1cccc2c1C(=O)N(C1CCC(=O)NC1=O)C2=O. The van der Waals surface area contributed by atoms with Gasteiger partial charge in [0.1, 0.15) is 29.9 Å². The highest BCUT2D eigenvalue weighted by molar-refractivity contribution is 6.24. The van der Waals surface area contributed by atoms with Crippen LogP contribution in [0.4, 0.5) is 0 Å². The fourth-order valence-corrected chi connectivity index (χ4v) is 7.02. The van der Waals surface area contributed by atoms with E-state index in [4.69, 9.17) is 14.2 Å². The van der Waals surface area contributed by atoms with E-state index >= 15 is 0 Å². The molecule has 0 radical (unpaired) electrons. The fourth-order valence-electron chi connectivity index (χ4n) is 7.02. The van der Waals surface area contributed by atoms with E-state index in [1.807, 2.05) is 36.4 Å². The summed E-state index contributed by atoms with van der Waals surface area (Å²) in [5.41, 5.74) is 6.18. The van der Waals surface area contributed by atoms with Gasteiger partial charge in [0, 0.05) is 56.6 Å². The van der Waals surface area contributed by atoms with Gasteiger partial charge in [-0.15, -0.1) is 0 Å². The van der Waals surface area contributed by atoms with Crippen LogP contribution in [0.3, 0.4) is 0 Å². The topological polar surface area (TPSA) is 152 Å². The zero-order chi connectivity index (χ0) is 40.3. The molecular weight excluding hydrogens is 725 g/mol. The molecule has 1 saturated heterocycles. The average Bonchev–Trinajstić information content (AvgIpc) is 3.47. The molecule has 0 spiro atoms. The number of hydrogen-bond acceptors (Lipinski definition) is 9. The zero-order valence-electron chi connectivity index (χ0n) is 32.4. The van der Waals surface area contributed by atoms with E-state index in [9.17, 15) is 24.0 Å². The molecule has 2 heterocycles. The quantitative estimate of drug-likeness (QED) is 0.0765. The summed E-state index contributed by atoms with van der Waals surface area (Å²) in [4.78, 5) is 63.7. The first-order chi connectivity index (χ1) is 27.7. The Labute approximate surface area is 332 Å². The third kappa shape index (κ3) is 9.51. The van der Waals surface area contributed by atoms with Crippen molar-refractivity contribution in [3.63, 3.8) is 0 Å². The molecule has 4 aromatic rings. The monoisotopic (exact) mass is 770 g/mol. The number of rotatable bonds is 16. The van der Waals surface area contributed by atoms with E-state index in [1.54, 1.807) is 26.4 Å². The molecule has 12 heteroatoms. The van der Waals surface area contributed by atoms with E-state index in [0.29, 0.717) is 74.7 Å². The Bertz CT molecular complexity index is 2200. The normalized spacial score (nSPS) is 14.7. The Balaban J connectivity index is 0.919. The molecule has 2 aliphatic rings. The highest BCUT2D eigenvalue weighted by Gasteiger charge is 2.45. The highest BCUT2D eigenvalue weighted by atomic mass is 16.5. The van der Waals surface area contributed by atoms with Crippen LogP contribution in [0.5, 0.6) is 17.2 Å². The lowest BCUT2D eigenvalue weighted by molar-refractivity contribution is -0.136. The summed E-state index contributed by atoms with van der Waals surface area (Å²) in [6, 6.07) is 24.0. The van der Waals surface area contributed by atoms with Crippen molar-refractivity contribution in [2.45, 2.75) is 64.6 Å². The molecule has 6 rings (SSSR count). The molecule has 3 N–H and O–H groups in total. The number of hydrogen-bond donors (Lipinski definition) is 3. The second-order valence-corrected chi connectivity index (χ2v) is 13.8. The first-order valence-corrected chi connectivity index (χ1v) is 19.0. The van der Waals surface area contributed by atoms with Gasteiger partial charge < -0.3 is 24.8 Å². The van der Waals surface area contributed by atoms with Crippen molar-refractivity contribution in [3.8, 4) is 40.2 Å². The average molecular weight is 771 g/mol. The lowest BCUT2D eigenvalue weighted by atomic mass is 9.97. The van der Waals surface area contributed by atoms with Gasteiger partial charge in [0.25, 0.3) is 11.8 Å². The molecule has 57 heavy (non-hydrogen) atoms. The second kappa shape index (κ2) is 18.9. The van der Waals surface area contributed by atoms with Gasteiger partial charge in [0.2, 0.25) is 17.7 Å². The van der Waals surface area contributed by atoms with Gasteiger partial charge in [-0.25, -0.2) is 0 Å². The minimum absolute atomic E-state index is 0.0515. The van der Waals surface area contributed by atoms with Crippen LogP contribution in [0.25, 0.3) is 11.1 Å². The molecule has 0 saturated carbocycles. The number of piperidine rings is 1. The van der Waals surface area contributed by atoms with E-state index in [2.05, 4.69) is 59.0 Å². The van der Waals surface area contributed by atoms with Gasteiger partial charge in [0.15, 0.2) is 0 Å². The van der Waals surface area contributed by atoms with Crippen LogP contribution < -0.4 is 30.2 Å². The zero-order valence-corrected chi connectivity index (χ0v) is 32.4. The Morgan fingerprint density at radius 2 is 1.61 bits per heavy atom. The Morgan fingerprint density at radius 1 is 0.877 bits per heavy atom. The lowest BCUT2D eigenvalue weighted by Gasteiger charge is -2.27. The standard InChI is InChI=1S/C45H46N4O8/c1-29-32(17-12-18-34(29)30-13-8-6-9-14-30)28-57-33-25-38(55-2)36(39(26-33)56-3)27-46-23-24-47-40(50)20-10-5-4-7-15-31-16-11-19-35-42(31)45(54)49(44(35)53)37-21-22-41(51)48-43(37)52/h6,8-9,11-14,16-19,25-26,37,46H,4-5,10,20-24,27-28H2,1-3H3,(H,47,50)(H,48,51,52). The maximum atomic E-state index is 13.3. The summed E-state index contributed by atoms with van der Waals surface area (Å²) in [5.74, 6) is 5.62. The van der Waals surface area contributed by atoms with E-state index in [0.717, 1.165) is 27.2 Å². The Hall–Kier alpha value is -6.45. The smallest absolute Gasteiger partial charge is 0.263 e. The summed E-state index contributed by atoms with van der Waals surface area (Å²) >= 11 is 0. The predicted octanol–water partition coefficient (Wildman–Crippen LogP) is 5.48. The van der Waals surface area contributed by atoms with E-state index < -0.39 is 29.7 Å². The number of nitrogens with one attached hydrogen (secondary N) is 3. The first-order valence-electron chi connectivity index (χ1n) is 19.0. The number of imide groups is 2. The molecule has 4 aromatic carbocycles. The number of ether oxygens (including phenoxy) is 3. The Morgan fingerprint density at radius 3 is 2.35 bits per heavy atom. The lowest BCUT2D eigenvalue weighted by Crippen LogP contribution is -2.54. The number of fused-ring (bicyclic) bond motifs is 1. The molecule has 1 unspecified atom stereocenters. The van der Waals surface area contributed by atoms with Gasteiger partial charge in [-0.2, -0.15) is 0 Å². The molecule has 5 amide bonds. The molecule has 2 aliphatic heterocycles.